The molecule has 0 heterocycles. The minimum Gasteiger partial charge on any atom is -0.497 e. The maximum atomic E-state index is 13.1. The van der Waals surface area contributed by atoms with Crippen molar-refractivity contribution < 1.29 is 13.9 Å². The molecule has 2 aromatic rings. The molecule has 0 aliphatic rings. The molecule has 2 rings (SSSR count). The van der Waals surface area contributed by atoms with Gasteiger partial charge in [0.05, 0.1) is 11.6 Å². The number of anilines is 1. The van der Waals surface area contributed by atoms with Crippen LogP contribution >= 0.6 is 15.9 Å². The number of nitrogens with two attached hydrogens (primary N) is 1. The summed E-state index contributed by atoms with van der Waals surface area (Å²) in [4.78, 5) is 0. The molecule has 0 fully saturated rings. The van der Waals surface area contributed by atoms with Gasteiger partial charge in [-0.05, 0) is 34.1 Å². The maximum absolute atomic E-state index is 13.1. The molecule has 0 aliphatic carbocycles. The van der Waals surface area contributed by atoms with Crippen molar-refractivity contribution in [2.45, 2.75) is 0 Å². The molecule has 0 saturated heterocycles. The number of methoxy groups -OCH3 is 1. The number of halogens is 2. The third-order valence-corrected chi connectivity index (χ3v) is 2.87. The van der Waals surface area contributed by atoms with Gasteiger partial charge in [0.25, 0.3) is 0 Å². The molecule has 0 bridgehead atoms. The standard InChI is InChI=1S/C13H11BrFNO2/c1-17-10-4-8(16)5-11(6-10)18-9-2-3-13(15)12(14)7-9/h2-7H,16H2,1H3. The van der Waals surface area contributed by atoms with E-state index in [1.165, 1.54) is 12.1 Å². The Labute approximate surface area is 112 Å². The van der Waals surface area contributed by atoms with Gasteiger partial charge in [0.1, 0.15) is 23.1 Å². The van der Waals surface area contributed by atoms with E-state index in [1.807, 2.05) is 0 Å². The molecular formula is C13H11BrFNO2. The molecule has 5 heteroatoms. The average molecular weight is 312 g/mol. The van der Waals surface area contributed by atoms with Gasteiger partial charge < -0.3 is 15.2 Å². The van der Waals surface area contributed by atoms with E-state index in [9.17, 15) is 4.39 Å². The number of hydrogen-bond donors (Lipinski definition) is 1. The number of rotatable bonds is 3. The number of hydrogen-bond acceptors (Lipinski definition) is 3. The number of benzene rings is 2. The van der Waals surface area contributed by atoms with Crippen LogP contribution in [-0.4, -0.2) is 7.11 Å². The van der Waals surface area contributed by atoms with Gasteiger partial charge in [-0.25, -0.2) is 4.39 Å². The molecule has 0 saturated carbocycles. The first-order chi connectivity index (χ1) is 8.58. The average Bonchev–Trinajstić information content (AvgIpc) is 2.33. The summed E-state index contributed by atoms with van der Waals surface area (Å²) in [5, 5.41) is 0. The first kappa shape index (κ1) is 12.7. The van der Waals surface area contributed by atoms with E-state index in [4.69, 9.17) is 15.2 Å². The fourth-order valence-corrected chi connectivity index (χ4v) is 1.80. The van der Waals surface area contributed by atoms with E-state index in [0.717, 1.165) is 0 Å². The molecule has 0 radical (unpaired) electrons. The smallest absolute Gasteiger partial charge is 0.137 e. The van der Waals surface area contributed by atoms with Crippen LogP contribution in [0.15, 0.2) is 40.9 Å². The predicted molar refractivity (Wildman–Crippen MR) is 71.6 cm³/mol. The van der Waals surface area contributed by atoms with E-state index < -0.39 is 0 Å². The summed E-state index contributed by atoms with van der Waals surface area (Å²) in [6.45, 7) is 0. The van der Waals surface area contributed by atoms with Crippen LogP contribution in [0, 0.1) is 5.82 Å². The fraction of sp³-hybridized carbons (Fsp3) is 0.0769. The first-order valence-corrected chi connectivity index (χ1v) is 5.95. The third-order valence-electron chi connectivity index (χ3n) is 2.26. The molecular weight excluding hydrogens is 301 g/mol. The van der Waals surface area contributed by atoms with E-state index >= 15 is 0 Å². The second-order valence-corrected chi connectivity index (χ2v) is 4.47. The van der Waals surface area contributed by atoms with Crippen molar-refractivity contribution in [3.8, 4) is 17.2 Å². The van der Waals surface area contributed by atoms with Crippen molar-refractivity contribution in [2.24, 2.45) is 0 Å². The first-order valence-electron chi connectivity index (χ1n) is 5.16. The van der Waals surface area contributed by atoms with Crippen molar-refractivity contribution >= 4 is 21.6 Å². The van der Waals surface area contributed by atoms with Crippen LogP contribution in [0.2, 0.25) is 0 Å². The van der Waals surface area contributed by atoms with Gasteiger partial charge in [0.2, 0.25) is 0 Å². The molecule has 2 aromatic carbocycles. The molecule has 0 aromatic heterocycles. The zero-order chi connectivity index (χ0) is 13.1. The van der Waals surface area contributed by atoms with E-state index in [-0.39, 0.29) is 5.82 Å². The van der Waals surface area contributed by atoms with Crippen molar-refractivity contribution in [1.82, 2.24) is 0 Å². The van der Waals surface area contributed by atoms with Crippen molar-refractivity contribution in [2.75, 3.05) is 12.8 Å². The number of ether oxygens (including phenoxy) is 2. The van der Waals surface area contributed by atoms with Crippen LogP contribution in [0.5, 0.6) is 17.2 Å². The van der Waals surface area contributed by atoms with Crippen LogP contribution in [-0.2, 0) is 0 Å². The zero-order valence-electron chi connectivity index (χ0n) is 9.61. The Morgan fingerprint density at radius 2 is 1.78 bits per heavy atom. The molecule has 18 heavy (non-hydrogen) atoms. The lowest BCUT2D eigenvalue weighted by molar-refractivity contribution is 0.409. The van der Waals surface area contributed by atoms with Crippen LogP contribution in [0.3, 0.4) is 0 Å². The van der Waals surface area contributed by atoms with Crippen molar-refractivity contribution in [3.05, 3.63) is 46.7 Å². The highest BCUT2D eigenvalue weighted by Gasteiger charge is 2.05. The topological polar surface area (TPSA) is 44.5 Å². The zero-order valence-corrected chi connectivity index (χ0v) is 11.2. The third kappa shape index (κ3) is 2.92. The Kier molecular flexibility index (Phi) is 3.72. The Morgan fingerprint density at radius 3 is 2.44 bits per heavy atom. The molecule has 0 atom stereocenters. The molecule has 3 nitrogen and oxygen atoms in total. The Hall–Kier alpha value is -1.75. The van der Waals surface area contributed by atoms with Gasteiger partial charge >= 0.3 is 0 Å². The largest absolute Gasteiger partial charge is 0.497 e. The minimum atomic E-state index is -0.340. The monoisotopic (exact) mass is 311 g/mol. The highest BCUT2D eigenvalue weighted by atomic mass is 79.9. The maximum Gasteiger partial charge on any atom is 0.137 e. The summed E-state index contributed by atoms with van der Waals surface area (Å²) in [5.41, 5.74) is 6.25. The molecule has 2 N–H and O–H groups in total. The van der Waals surface area contributed by atoms with Crippen molar-refractivity contribution in [1.29, 1.82) is 0 Å². The van der Waals surface area contributed by atoms with Gasteiger partial charge in [0.15, 0.2) is 0 Å². The second kappa shape index (κ2) is 5.27. The van der Waals surface area contributed by atoms with Gasteiger partial charge in [-0.15, -0.1) is 0 Å². The Balaban J connectivity index is 2.27. The molecule has 0 aliphatic heterocycles. The highest BCUT2D eigenvalue weighted by molar-refractivity contribution is 9.10. The lowest BCUT2D eigenvalue weighted by atomic mass is 10.3. The normalized spacial score (nSPS) is 10.2. The van der Waals surface area contributed by atoms with Crippen LogP contribution in [0.25, 0.3) is 0 Å². The minimum absolute atomic E-state index is 0.340. The van der Waals surface area contributed by atoms with E-state index in [0.29, 0.717) is 27.4 Å². The van der Waals surface area contributed by atoms with Crippen LogP contribution in [0.1, 0.15) is 0 Å². The Morgan fingerprint density at radius 1 is 1.06 bits per heavy atom. The molecule has 0 spiro atoms. The fourth-order valence-electron chi connectivity index (χ4n) is 1.45. The van der Waals surface area contributed by atoms with Gasteiger partial charge in [-0.1, -0.05) is 0 Å². The second-order valence-electron chi connectivity index (χ2n) is 3.62. The quantitative estimate of drug-likeness (QED) is 0.872. The summed E-state index contributed by atoms with van der Waals surface area (Å²) in [7, 11) is 1.55. The predicted octanol–water partition coefficient (Wildman–Crippen LogP) is 3.97. The van der Waals surface area contributed by atoms with Gasteiger partial charge in [-0.3, -0.25) is 0 Å². The number of nitrogen functional groups attached to an aromatic ring is 1. The van der Waals surface area contributed by atoms with Gasteiger partial charge in [-0.2, -0.15) is 0 Å². The summed E-state index contributed by atoms with van der Waals surface area (Å²) in [6.07, 6.45) is 0. The summed E-state index contributed by atoms with van der Waals surface area (Å²) < 4.78 is 24.1. The lowest BCUT2D eigenvalue weighted by Crippen LogP contribution is -1.91. The van der Waals surface area contributed by atoms with E-state index in [1.54, 1.807) is 31.4 Å². The lowest BCUT2D eigenvalue weighted by Gasteiger charge is -2.09. The van der Waals surface area contributed by atoms with Gasteiger partial charge in [0, 0.05) is 23.9 Å². The highest BCUT2D eigenvalue weighted by Crippen LogP contribution is 2.30. The SMILES string of the molecule is COc1cc(N)cc(Oc2ccc(F)c(Br)c2)c1. The summed E-state index contributed by atoms with van der Waals surface area (Å²) in [5.74, 6) is 1.31. The van der Waals surface area contributed by atoms with E-state index in [2.05, 4.69) is 15.9 Å². The van der Waals surface area contributed by atoms with Crippen molar-refractivity contribution in [3.63, 3.8) is 0 Å². The van der Waals surface area contributed by atoms with Crippen LogP contribution in [0.4, 0.5) is 10.1 Å². The summed E-state index contributed by atoms with van der Waals surface area (Å²) >= 11 is 3.10. The molecule has 0 amide bonds. The molecule has 0 unspecified atom stereocenters. The Bertz CT molecular complexity index is 575. The van der Waals surface area contributed by atoms with Crippen LogP contribution < -0.4 is 15.2 Å². The molecule has 94 valence electrons. The summed E-state index contributed by atoms with van der Waals surface area (Å²) in [6, 6.07) is 9.46.